The predicted molar refractivity (Wildman–Crippen MR) is 61.3 cm³/mol. The molecule has 0 aromatic heterocycles. The molecule has 1 aliphatic rings. The minimum atomic E-state index is -3.23. The van der Waals surface area contributed by atoms with E-state index in [0.717, 1.165) is 5.56 Å². The summed E-state index contributed by atoms with van der Waals surface area (Å²) >= 11 is 0. The molecule has 5 heteroatoms. The lowest BCUT2D eigenvalue weighted by molar-refractivity contribution is 0.276. The maximum atomic E-state index is 11.5. The van der Waals surface area contributed by atoms with Crippen LogP contribution in [0.2, 0.25) is 0 Å². The van der Waals surface area contributed by atoms with Gasteiger partial charge in [-0.1, -0.05) is 6.07 Å². The summed E-state index contributed by atoms with van der Waals surface area (Å²) in [5.74, 6) is 0. The Balaban J connectivity index is 2.39. The molecule has 0 radical (unpaired) electrons. The van der Waals surface area contributed by atoms with E-state index in [4.69, 9.17) is 10.8 Å². The van der Waals surface area contributed by atoms with Gasteiger partial charge in [-0.3, -0.25) is 0 Å². The molecule has 0 saturated carbocycles. The van der Waals surface area contributed by atoms with Gasteiger partial charge in [0, 0.05) is 18.1 Å². The van der Waals surface area contributed by atoms with Crippen molar-refractivity contribution >= 4 is 15.9 Å². The Labute approximate surface area is 94.3 Å². The van der Waals surface area contributed by atoms with E-state index in [9.17, 15) is 8.42 Å². The molecular weight excluding hydrogens is 226 g/mol. The zero-order valence-corrected chi connectivity index (χ0v) is 9.44. The quantitative estimate of drug-likeness (QED) is 0.818. The summed E-state index contributed by atoms with van der Waals surface area (Å²) in [6.07, 6.45) is 2.04. The maximum absolute atomic E-state index is 11.5. The first-order valence-corrected chi connectivity index (χ1v) is 6.53. The third-order valence-electron chi connectivity index (χ3n) is 2.64. The van der Waals surface area contributed by atoms with Crippen molar-refractivity contribution in [2.45, 2.75) is 17.4 Å². The lowest BCUT2D eigenvalue weighted by atomic mass is 10.0. The second-order valence-corrected chi connectivity index (χ2v) is 5.57. The van der Waals surface area contributed by atoms with Gasteiger partial charge in [0.25, 0.3) is 0 Å². The Hall–Kier alpha value is -1.17. The number of nitrogens with two attached hydrogens (primary N) is 1. The number of fused-ring (bicyclic) bond motifs is 1. The van der Waals surface area contributed by atoms with Gasteiger partial charge in [0.15, 0.2) is 9.84 Å². The number of aliphatic hydroxyl groups is 1. The van der Waals surface area contributed by atoms with Crippen molar-refractivity contribution < 1.29 is 13.5 Å². The highest BCUT2D eigenvalue weighted by Crippen LogP contribution is 2.29. The number of benzene rings is 1. The topological polar surface area (TPSA) is 80.4 Å². The molecule has 1 aliphatic heterocycles. The van der Waals surface area contributed by atoms with Crippen molar-refractivity contribution in [2.75, 3.05) is 6.61 Å². The molecule has 0 amide bonds. The van der Waals surface area contributed by atoms with Crippen molar-refractivity contribution in [2.24, 2.45) is 5.73 Å². The fraction of sp³-hybridized carbons (Fsp3) is 0.273. The summed E-state index contributed by atoms with van der Waals surface area (Å²) in [6.45, 7) is 0.0202. The molecule has 4 nitrogen and oxygen atoms in total. The zero-order valence-electron chi connectivity index (χ0n) is 8.63. The van der Waals surface area contributed by atoms with Crippen LogP contribution in [0.5, 0.6) is 0 Å². The fourth-order valence-corrected chi connectivity index (χ4v) is 2.91. The minimum Gasteiger partial charge on any atom is -0.396 e. The summed E-state index contributed by atoms with van der Waals surface area (Å²) in [7, 11) is -3.23. The molecule has 1 aromatic carbocycles. The molecule has 0 fully saturated rings. The molecule has 86 valence electrons. The van der Waals surface area contributed by atoms with E-state index in [2.05, 4.69) is 0 Å². The highest BCUT2D eigenvalue weighted by molar-refractivity contribution is 7.94. The smallest absolute Gasteiger partial charge is 0.200 e. The van der Waals surface area contributed by atoms with Crippen LogP contribution in [0.4, 0.5) is 0 Å². The Morgan fingerprint density at radius 2 is 2.12 bits per heavy atom. The van der Waals surface area contributed by atoms with Crippen LogP contribution in [0, 0.1) is 0 Å². The zero-order chi connectivity index (χ0) is 11.8. The van der Waals surface area contributed by atoms with Gasteiger partial charge in [0.05, 0.1) is 4.90 Å². The van der Waals surface area contributed by atoms with Crippen molar-refractivity contribution in [3.05, 3.63) is 34.7 Å². The lowest BCUT2D eigenvalue weighted by Crippen LogP contribution is -2.12. The van der Waals surface area contributed by atoms with E-state index in [-0.39, 0.29) is 12.6 Å². The Morgan fingerprint density at radius 1 is 1.38 bits per heavy atom. The second kappa shape index (κ2) is 4.01. The average molecular weight is 239 g/mol. The predicted octanol–water partition coefficient (Wildman–Crippen LogP) is 0.827. The van der Waals surface area contributed by atoms with Crippen LogP contribution >= 0.6 is 0 Å². The summed E-state index contributed by atoms with van der Waals surface area (Å²) in [4.78, 5) is 0.326. The highest BCUT2D eigenvalue weighted by atomic mass is 32.2. The molecule has 0 saturated heterocycles. The lowest BCUT2D eigenvalue weighted by Gasteiger charge is -2.11. The molecule has 16 heavy (non-hydrogen) atoms. The van der Waals surface area contributed by atoms with Crippen molar-refractivity contribution in [1.29, 1.82) is 0 Å². The van der Waals surface area contributed by atoms with E-state index in [1.807, 2.05) is 0 Å². The van der Waals surface area contributed by atoms with E-state index < -0.39 is 9.84 Å². The van der Waals surface area contributed by atoms with E-state index in [0.29, 0.717) is 16.9 Å². The van der Waals surface area contributed by atoms with Crippen molar-refractivity contribution in [1.82, 2.24) is 0 Å². The SMILES string of the molecule is NC(CCO)c1ccc2c(c1)C=CS2(=O)=O. The Morgan fingerprint density at radius 3 is 2.81 bits per heavy atom. The van der Waals surface area contributed by atoms with Gasteiger partial charge >= 0.3 is 0 Å². The van der Waals surface area contributed by atoms with Crippen LogP contribution in [-0.2, 0) is 9.84 Å². The standard InChI is InChI=1S/C11H13NO3S/c12-10(3-5-13)8-1-2-11-9(7-8)4-6-16(11,14)15/h1-2,4,6-7,10,13H,3,5,12H2. The van der Waals surface area contributed by atoms with Crippen molar-refractivity contribution in [3.8, 4) is 0 Å². The molecule has 3 N–H and O–H groups in total. The molecule has 0 aliphatic carbocycles. The van der Waals surface area contributed by atoms with E-state index in [1.165, 1.54) is 5.41 Å². The van der Waals surface area contributed by atoms with Crippen LogP contribution in [0.1, 0.15) is 23.6 Å². The Kier molecular flexibility index (Phi) is 2.84. The number of sulfone groups is 1. The number of aliphatic hydroxyl groups excluding tert-OH is 1. The van der Waals surface area contributed by atoms with Gasteiger partial charge in [0.2, 0.25) is 0 Å². The Bertz CT molecular complexity index is 534. The summed E-state index contributed by atoms with van der Waals surface area (Å²) in [5, 5.41) is 9.98. The summed E-state index contributed by atoms with van der Waals surface area (Å²) < 4.78 is 23.0. The number of rotatable bonds is 3. The largest absolute Gasteiger partial charge is 0.396 e. The number of hydrogen-bond acceptors (Lipinski definition) is 4. The fourth-order valence-electron chi connectivity index (χ4n) is 1.73. The first-order valence-electron chi connectivity index (χ1n) is 4.98. The maximum Gasteiger partial charge on any atom is 0.200 e. The highest BCUT2D eigenvalue weighted by Gasteiger charge is 2.21. The van der Waals surface area contributed by atoms with Crippen LogP contribution in [0.3, 0.4) is 0 Å². The average Bonchev–Trinajstić information content (AvgIpc) is 2.55. The van der Waals surface area contributed by atoms with Crippen LogP contribution in [0.25, 0.3) is 6.08 Å². The second-order valence-electron chi connectivity index (χ2n) is 3.76. The van der Waals surface area contributed by atoms with Gasteiger partial charge in [0.1, 0.15) is 0 Å². The molecular formula is C11H13NO3S. The molecule has 1 unspecified atom stereocenters. The molecule has 1 atom stereocenters. The molecule has 2 rings (SSSR count). The third kappa shape index (κ3) is 1.89. The van der Waals surface area contributed by atoms with Crippen LogP contribution in [-0.4, -0.2) is 20.1 Å². The van der Waals surface area contributed by atoms with Gasteiger partial charge in [-0.25, -0.2) is 8.42 Å². The summed E-state index contributed by atoms with van der Waals surface area (Å²) in [6, 6.07) is 4.77. The van der Waals surface area contributed by atoms with Gasteiger partial charge in [-0.05, 0) is 35.8 Å². The van der Waals surface area contributed by atoms with Gasteiger partial charge in [-0.15, -0.1) is 0 Å². The van der Waals surface area contributed by atoms with Crippen molar-refractivity contribution in [3.63, 3.8) is 0 Å². The van der Waals surface area contributed by atoms with Crippen LogP contribution < -0.4 is 5.73 Å². The monoisotopic (exact) mass is 239 g/mol. The third-order valence-corrected chi connectivity index (χ3v) is 4.11. The summed E-state index contributed by atoms with van der Waals surface area (Å²) in [5.41, 5.74) is 7.35. The van der Waals surface area contributed by atoms with Crippen LogP contribution in [0.15, 0.2) is 28.5 Å². The van der Waals surface area contributed by atoms with E-state index >= 15 is 0 Å². The molecule has 0 spiro atoms. The normalized spacial score (nSPS) is 18.4. The van der Waals surface area contributed by atoms with Gasteiger partial charge in [-0.2, -0.15) is 0 Å². The van der Waals surface area contributed by atoms with E-state index in [1.54, 1.807) is 24.3 Å². The molecule has 1 aromatic rings. The molecule has 1 heterocycles. The first kappa shape index (κ1) is 11.3. The first-order chi connectivity index (χ1) is 7.54. The van der Waals surface area contributed by atoms with Gasteiger partial charge < -0.3 is 10.8 Å². The minimum absolute atomic E-state index is 0.0202. The number of hydrogen-bond donors (Lipinski definition) is 2. The molecule has 0 bridgehead atoms.